The van der Waals surface area contributed by atoms with Gasteiger partial charge in [0.1, 0.15) is 0 Å². The lowest BCUT2D eigenvalue weighted by Gasteiger charge is -2.16. The molecule has 32 heavy (non-hydrogen) atoms. The second-order valence-corrected chi connectivity index (χ2v) is 10.2. The fraction of sp³-hybridized carbons (Fsp3) is 0.240. The van der Waals surface area contributed by atoms with Crippen molar-refractivity contribution in [1.29, 1.82) is 0 Å². The molecule has 162 valence electrons. The Kier molecular flexibility index (Phi) is 6.10. The Bertz CT molecular complexity index is 1220. The monoisotopic (exact) mass is 460 g/mol. The zero-order valence-electron chi connectivity index (χ0n) is 17.6. The highest BCUT2D eigenvalue weighted by molar-refractivity contribution is 7.99. The quantitative estimate of drug-likeness (QED) is 0.221. The van der Waals surface area contributed by atoms with E-state index in [4.69, 9.17) is 5.84 Å². The van der Waals surface area contributed by atoms with Gasteiger partial charge < -0.3 is 5.84 Å². The number of hydrogen-bond donors (Lipinski definition) is 1. The molecule has 5 nitrogen and oxygen atoms in total. The molecule has 0 aliphatic heterocycles. The number of hydrogen-bond acceptors (Lipinski definition) is 6. The number of carbonyl (C=O) groups is 1. The van der Waals surface area contributed by atoms with Crippen molar-refractivity contribution in [3.63, 3.8) is 0 Å². The van der Waals surface area contributed by atoms with Gasteiger partial charge in [-0.25, -0.2) is 4.68 Å². The van der Waals surface area contributed by atoms with Crippen molar-refractivity contribution < 1.29 is 4.79 Å². The first-order valence-corrected chi connectivity index (χ1v) is 12.5. The fourth-order valence-electron chi connectivity index (χ4n) is 4.13. The van der Waals surface area contributed by atoms with Gasteiger partial charge in [0.2, 0.25) is 5.16 Å². The maximum absolute atomic E-state index is 13.2. The largest absolute Gasteiger partial charge is 0.336 e. The maximum atomic E-state index is 13.2. The van der Waals surface area contributed by atoms with Crippen molar-refractivity contribution in [2.45, 2.75) is 42.5 Å². The number of benzene rings is 2. The van der Waals surface area contributed by atoms with Crippen LogP contribution in [-0.2, 0) is 19.3 Å². The molecule has 4 aromatic rings. The summed E-state index contributed by atoms with van der Waals surface area (Å²) in [6.45, 7) is 0. The average molecular weight is 461 g/mol. The number of carbonyl (C=O) groups excluding carboxylic acids is 1. The molecule has 2 heterocycles. The summed E-state index contributed by atoms with van der Waals surface area (Å²) in [5.41, 5.74) is 4.57. The molecular formula is C25H24N4OS2. The van der Waals surface area contributed by atoms with Crippen LogP contribution in [0.2, 0.25) is 0 Å². The number of fused-ring (bicyclic) bond motifs is 1. The van der Waals surface area contributed by atoms with E-state index in [9.17, 15) is 4.79 Å². The maximum Gasteiger partial charge on any atom is 0.210 e. The van der Waals surface area contributed by atoms with Gasteiger partial charge in [-0.05, 0) is 53.5 Å². The van der Waals surface area contributed by atoms with Crippen LogP contribution in [0.25, 0.3) is 0 Å². The summed E-state index contributed by atoms with van der Waals surface area (Å²) in [6.07, 6.45) is 4.38. The van der Waals surface area contributed by atoms with Crippen LogP contribution in [0.5, 0.6) is 0 Å². The zero-order chi connectivity index (χ0) is 21.9. The molecule has 0 saturated carbocycles. The van der Waals surface area contributed by atoms with E-state index in [2.05, 4.69) is 40.5 Å². The zero-order valence-corrected chi connectivity index (χ0v) is 19.2. The average Bonchev–Trinajstić information content (AvgIpc) is 3.57. The van der Waals surface area contributed by atoms with Crippen molar-refractivity contribution in [1.82, 2.24) is 14.9 Å². The van der Waals surface area contributed by atoms with Gasteiger partial charge in [0.15, 0.2) is 11.6 Å². The molecule has 1 aliphatic carbocycles. The summed E-state index contributed by atoms with van der Waals surface area (Å²) < 4.78 is 1.56. The number of ketones is 1. The molecule has 0 spiro atoms. The summed E-state index contributed by atoms with van der Waals surface area (Å²) in [5.74, 6) is 7.20. The fourth-order valence-corrected chi connectivity index (χ4v) is 5.92. The van der Waals surface area contributed by atoms with Crippen LogP contribution in [-0.4, -0.2) is 20.7 Å². The summed E-state index contributed by atoms with van der Waals surface area (Å²) in [6, 6.07) is 20.3. The Hall–Kier alpha value is -2.90. The number of Topliss-reactive ketones (excluding diaryl/α,β-unsaturated/α-hetero) is 1. The molecule has 5 rings (SSSR count). The minimum absolute atomic E-state index is 0.0990. The number of nitrogens with two attached hydrogens (primary N) is 1. The molecular weight excluding hydrogens is 436 g/mol. The van der Waals surface area contributed by atoms with Gasteiger partial charge in [0.25, 0.3) is 0 Å². The summed E-state index contributed by atoms with van der Waals surface area (Å²) in [5, 5.41) is 11.2. The Balaban J connectivity index is 1.37. The van der Waals surface area contributed by atoms with Gasteiger partial charge in [0.05, 0.1) is 0 Å². The normalized spacial score (nSPS) is 13.8. The van der Waals surface area contributed by atoms with Gasteiger partial charge in [-0.1, -0.05) is 60.3 Å². The topological polar surface area (TPSA) is 73.8 Å². The van der Waals surface area contributed by atoms with Crippen molar-refractivity contribution in [2.75, 3.05) is 5.84 Å². The molecule has 1 aliphatic rings. The number of aryl methyl sites for hydroxylation is 2. The SMILES string of the molecule is Nn1c(Cc2cccs2)nnc1S[C@H](CC(=O)c1ccc2c(c1)CCC2)c1ccccc1. The van der Waals surface area contributed by atoms with E-state index in [1.807, 2.05) is 35.7 Å². The van der Waals surface area contributed by atoms with Crippen LogP contribution in [0.4, 0.5) is 0 Å². The molecule has 0 radical (unpaired) electrons. The first-order valence-electron chi connectivity index (χ1n) is 10.8. The molecule has 2 aromatic carbocycles. The van der Waals surface area contributed by atoms with E-state index in [1.165, 1.54) is 34.2 Å². The minimum atomic E-state index is -0.0990. The Labute approximate surface area is 195 Å². The van der Waals surface area contributed by atoms with Gasteiger partial charge in [0, 0.05) is 28.5 Å². The molecule has 1 atom stereocenters. The van der Waals surface area contributed by atoms with Crippen LogP contribution in [0.1, 0.15) is 55.8 Å². The summed E-state index contributed by atoms with van der Waals surface area (Å²) in [7, 11) is 0. The highest BCUT2D eigenvalue weighted by Crippen LogP contribution is 2.38. The molecule has 7 heteroatoms. The first kappa shape index (κ1) is 21.0. The van der Waals surface area contributed by atoms with E-state index >= 15 is 0 Å². The van der Waals surface area contributed by atoms with E-state index in [0.717, 1.165) is 24.0 Å². The number of nitrogen functional groups attached to an aromatic ring is 1. The smallest absolute Gasteiger partial charge is 0.210 e. The molecule has 0 fully saturated rings. The summed E-state index contributed by atoms with van der Waals surface area (Å²) >= 11 is 3.17. The highest BCUT2D eigenvalue weighted by Gasteiger charge is 2.23. The number of thiophene rings is 1. The minimum Gasteiger partial charge on any atom is -0.336 e. The summed E-state index contributed by atoms with van der Waals surface area (Å²) in [4.78, 5) is 14.4. The second kappa shape index (κ2) is 9.30. The van der Waals surface area contributed by atoms with E-state index in [1.54, 1.807) is 16.0 Å². The number of aromatic nitrogens is 3. The van der Waals surface area contributed by atoms with Crippen molar-refractivity contribution in [2.24, 2.45) is 0 Å². The predicted octanol–water partition coefficient (Wildman–Crippen LogP) is 5.24. The molecule has 0 bridgehead atoms. The van der Waals surface area contributed by atoms with Crippen LogP contribution in [0, 0.1) is 0 Å². The molecule has 2 aromatic heterocycles. The standard InChI is InChI=1S/C25H24N4OS2/c26-29-24(15-21-10-5-13-31-21)27-28-25(29)32-23(18-6-2-1-3-7-18)16-22(30)20-12-11-17-8-4-9-19(17)14-20/h1-3,5-7,10-14,23H,4,8-9,15-16,26H2/t23-/m1/s1. The lowest BCUT2D eigenvalue weighted by atomic mass is 9.99. The third-order valence-electron chi connectivity index (χ3n) is 5.86. The Morgan fingerprint density at radius 1 is 1.06 bits per heavy atom. The lowest BCUT2D eigenvalue weighted by Crippen LogP contribution is -2.15. The highest BCUT2D eigenvalue weighted by atomic mass is 32.2. The number of rotatable bonds is 8. The Morgan fingerprint density at radius 2 is 1.91 bits per heavy atom. The van der Waals surface area contributed by atoms with E-state index < -0.39 is 0 Å². The van der Waals surface area contributed by atoms with Crippen molar-refractivity contribution in [3.8, 4) is 0 Å². The van der Waals surface area contributed by atoms with Crippen LogP contribution < -0.4 is 5.84 Å². The van der Waals surface area contributed by atoms with Crippen molar-refractivity contribution >= 4 is 28.9 Å². The number of nitrogens with zero attached hydrogens (tertiary/aromatic N) is 3. The predicted molar refractivity (Wildman–Crippen MR) is 130 cm³/mol. The molecule has 0 unspecified atom stereocenters. The molecule has 0 amide bonds. The van der Waals surface area contributed by atoms with Crippen LogP contribution >= 0.6 is 23.1 Å². The van der Waals surface area contributed by atoms with Crippen LogP contribution in [0.15, 0.2) is 71.2 Å². The molecule has 0 saturated heterocycles. The van der Waals surface area contributed by atoms with E-state index in [-0.39, 0.29) is 11.0 Å². The third kappa shape index (κ3) is 4.49. The molecule has 2 N–H and O–H groups in total. The second-order valence-electron chi connectivity index (χ2n) is 8.01. The Morgan fingerprint density at radius 3 is 2.72 bits per heavy atom. The van der Waals surface area contributed by atoms with Gasteiger partial charge in [-0.3, -0.25) is 4.79 Å². The van der Waals surface area contributed by atoms with Crippen molar-refractivity contribution in [3.05, 3.63) is 99.0 Å². The lowest BCUT2D eigenvalue weighted by molar-refractivity contribution is 0.0982. The van der Waals surface area contributed by atoms with Crippen LogP contribution in [0.3, 0.4) is 0 Å². The first-order chi connectivity index (χ1) is 15.7. The van der Waals surface area contributed by atoms with Gasteiger partial charge in [-0.2, -0.15) is 0 Å². The van der Waals surface area contributed by atoms with Gasteiger partial charge in [-0.15, -0.1) is 21.5 Å². The van der Waals surface area contributed by atoms with E-state index in [0.29, 0.717) is 23.8 Å². The third-order valence-corrected chi connectivity index (χ3v) is 7.95. The number of thioether (sulfide) groups is 1. The van der Waals surface area contributed by atoms with Gasteiger partial charge >= 0.3 is 0 Å².